The summed E-state index contributed by atoms with van der Waals surface area (Å²) in [6.07, 6.45) is 2.71. The number of amides is 1. The van der Waals surface area contributed by atoms with E-state index in [1.54, 1.807) is 0 Å². The van der Waals surface area contributed by atoms with Crippen LogP contribution in [0.2, 0.25) is 0 Å². The van der Waals surface area contributed by atoms with Crippen LogP contribution in [0.15, 0.2) is 6.07 Å². The number of nitrogens with one attached hydrogen (secondary N) is 1. The fourth-order valence-corrected chi connectivity index (χ4v) is 4.63. The van der Waals surface area contributed by atoms with Gasteiger partial charge in [-0.05, 0) is 42.6 Å². The molecule has 21 heavy (non-hydrogen) atoms. The fourth-order valence-electron chi connectivity index (χ4n) is 2.15. The maximum absolute atomic E-state index is 11.5. The minimum atomic E-state index is -0.247. The van der Waals surface area contributed by atoms with E-state index in [2.05, 4.69) is 5.43 Å². The van der Waals surface area contributed by atoms with E-state index in [0.29, 0.717) is 11.3 Å². The normalized spacial score (nSPS) is 15.6. The van der Waals surface area contributed by atoms with Gasteiger partial charge in [0.1, 0.15) is 0 Å². The van der Waals surface area contributed by atoms with E-state index in [1.807, 2.05) is 24.8 Å². The Kier molecular flexibility index (Phi) is 5.29. The van der Waals surface area contributed by atoms with Crippen LogP contribution in [0.5, 0.6) is 0 Å². The van der Waals surface area contributed by atoms with E-state index in [1.165, 1.54) is 18.4 Å². The van der Waals surface area contributed by atoms with Crippen molar-refractivity contribution >= 4 is 35.0 Å². The maximum Gasteiger partial charge on any atom is 0.306 e. The number of rotatable bonds is 7. The number of hydrogen-bond donors (Lipinski definition) is 2. The zero-order chi connectivity index (χ0) is 15.5. The summed E-state index contributed by atoms with van der Waals surface area (Å²) < 4.78 is 4.75. The van der Waals surface area contributed by atoms with Gasteiger partial charge in [0, 0.05) is 10.6 Å². The molecule has 1 heterocycles. The van der Waals surface area contributed by atoms with Crippen molar-refractivity contribution in [3.8, 4) is 0 Å². The van der Waals surface area contributed by atoms with Gasteiger partial charge >= 0.3 is 5.97 Å². The van der Waals surface area contributed by atoms with E-state index in [0.717, 1.165) is 34.8 Å². The Hall–Kier alpha value is -1.05. The summed E-state index contributed by atoms with van der Waals surface area (Å²) in [6.45, 7) is 2.01. The van der Waals surface area contributed by atoms with E-state index in [9.17, 15) is 9.59 Å². The number of thiophene rings is 1. The molecule has 0 spiro atoms. The SMILES string of the molecule is COC(=O)CC1(CSCc2cc(C(=O)NN)sc2C)CC1. The number of carbonyl (C=O) groups is 2. The lowest BCUT2D eigenvalue weighted by Gasteiger charge is -2.12. The second kappa shape index (κ2) is 6.81. The first-order valence-electron chi connectivity index (χ1n) is 6.74. The number of nitrogen functional groups attached to an aromatic ring is 1. The van der Waals surface area contributed by atoms with Gasteiger partial charge in [-0.2, -0.15) is 11.8 Å². The molecule has 0 aliphatic heterocycles. The van der Waals surface area contributed by atoms with Crippen molar-refractivity contribution in [3.05, 3.63) is 21.4 Å². The second-order valence-electron chi connectivity index (χ2n) is 5.41. The first kappa shape index (κ1) is 16.3. The van der Waals surface area contributed by atoms with Gasteiger partial charge in [0.25, 0.3) is 5.91 Å². The van der Waals surface area contributed by atoms with Crippen molar-refractivity contribution < 1.29 is 14.3 Å². The molecule has 3 N–H and O–H groups in total. The zero-order valence-electron chi connectivity index (χ0n) is 12.2. The molecular formula is C14H20N2O3S2. The van der Waals surface area contributed by atoms with Crippen LogP contribution in [0, 0.1) is 12.3 Å². The Bertz CT molecular complexity index is 538. The van der Waals surface area contributed by atoms with Crippen molar-refractivity contribution in [2.45, 2.75) is 31.9 Å². The number of nitrogens with two attached hydrogens (primary N) is 1. The number of hydrogen-bond acceptors (Lipinski definition) is 6. The third-order valence-electron chi connectivity index (χ3n) is 3.75. The molecular weight excluding hydrogens is 308 g/mol. The number of esters is 1. The number of aryl methyl sites for hydroxylation is 1. The lowest BCUT2D eigenvalue weighted by atomic mass is 10.1. The van der Waals surface area contributed by atoms with Crippen LogP contribution in [0.3, 0.4) is 0 Å². The molecule has 0 radical (unpaired) electrons. The zero-order valence-corrected chi connectivity index (χ0v) is 13.9. The van der Waals surface area contributed by atoms with Gasteiger partial charge in [-0.25, -0.2) is 5.84 Å². The van der Waals surface area contributed by atoms with Crippen LogP contribution in [0.4, 0.5) is 0 Å². The molecule has 0 aromatic carbocycles. The van der Waals surface area contributed by atoms with Crippen molar-refractivity contribution in [1.82, 2.24) is 5.43 Å². The molecule has 0 unspecified atom stereocenters. The first-order chi connectivity index (χ1) is 9.99. The molecule has 5 nitrogen and oxygen atoms in total. The summed E-state index contributed by atoms with van der Waals surface area (Å²) in [5, 5.41) is 0. The number of carbonyl (C=O) groups excluding carboxylic acids is 2. The molecule has 2 rings (SSSR count). The molecule has 1 saturated carbocycles. The van der Waals surface area contributed by atoms with Crippen LogP contribution in [0.25, 0.3) is 0 Å². The average Bonchev–Trinajstić information content (AvgIpc) is 3.13. The van der Waals surface area contributed by atoms with Crippen molar-refractivity contribution in [3.63, 3.8) is 0 Å². The van der Waals surface area contributed by atoms with Crippen molar-refractivity contribution in [2.75, 3.05) is 12.9 Å². The monoisotopic (exact) mass is 328 g/mol. The summed E-state index contributed by atoms with van der Waals surface area (Å²) in [4.78, 5) is 24.7. The van der Waals surface area contributed by atoms with E-state index in [-0.39, 0.29) is 17.3 Å². The van der Waals surface area contributed by atoms with Crippen molar-refractivity contribution in [1.29, 1.82) is 0 Å². The highest BCUT2D eigenvalue weighted by atomic mass is 32.2. The Morgan fingerprint density at radius 2 is 2.24 bits per heavy atom. The Balaban J connectivity index is 1.85. The fraction of sp³-hybridized carbons (Fsp3) is 0.571. The molecule has 0 atom stereocenters. The van der Waals surface area contributed by atoms with Gasteiger partial charge in [0.05, 0.1) is 18.4 Å². The Morgan fingerprint density at radius 1 is 1.52 bits per heavy atom. The average molecular weight is 328 g/mol. The van der Waals surface area contributed by atoms with Crippen LogP contribution in [0.1, 0.15) is 39.4 Å². The molecule has 1 aliphatic rings. The highest BCUT2D eigenvalue weighted by molar-refractivity contribution is 7.98. The van der Waals surface area contributed by atoms with E-state index in [4.69, 9.17) is 10.6 Å². The van der Waals surface area contributed by atoms with Crippen LogP contribution in [-0.2, 0) is 15.3 Å². The largest absolute Gasteiger partial charge is 0.469 e. The Morgan fingerprint density at radius 3 is 2.81 bits per heavy atom. The molecule has 7 heteroatoms. The molecule has 0 bridgehead atoms. The topological polar surface area (TPSA) is 81.4 Å². The second-order valence-corrected chi connectivity index (χ2v) is 7.65. The molecule has 1 aromatic heterocycles. The summed E-state index contributed by atoms with van der Waals surface area (Å²) in [5.74, 6) is 6.58. The van der Waals surface area contributed by atoms with E-state index < -0.39 is 0 Å². The Labute approximate surface area is 132 Å². The number of hydrazine groups is 1. The van der Waals surface area contributed by atoms with Gasteiger partial charge < -0.3 is 4.74 Å². The number of ether oxygens (including phenoxy) is 1. The summed E-state index contributed by atoms with van der Waals surface area (Å²) in [5.41, 5.74) is 3.46. The third-order valence-corrected chi connectivity index (χ3v) is 6.17. The van der Waals surface area contributed by atoms with Crippen LogP contribution in [-0.4, -0.2) is 24.7 Å². The van der Waals surface area contributed by atoms with Gasteiger partial charge in [0.15, 0.2) is 0 Å². The number of thioether (sulfide) groups is 1. The molecule has 1 amide bonds. The van der Waals surface area contributed by atoms with Gasteiger partial charge in [-0.3, -0.25) is 15.0 Å². The smallest absolute Gasteiger partial charge is 0.306 e. The molecule has 116 valence electrons. The predicted octanol–water partition coefficient (Wildman–Crippen LogP) is 2.24. The summed E-state index contributed by atoms with van der Waals surface area (Å²) >= 11 is 3.27. The molecule has 1 aliphatic carbocycles. The standard InChI is InChI=1S/C14H20N2O3S2/c1-9-10(5-11(21-9)13(18)16-15)7-20-8-14(3-4-14)6-12(17)19-2/h5H,3-4,6-8,15H2,1-2H3,(H,16,18). The minimum absolute atomic E-state index is 0.123. The minimum Gasteiger partial charge on any atom is -0.469 e. The first-order valence-corrected chi connectivity index (χ1v) is 8.71. The summed E-state index contributed by atoms with van der Waals surface area (Å²) in [7, 11) is 1.43. The lowest BCUT2D eigenvalue weighted by molar-refractivity contribution is -0.141. The highest BCUT2D eigenvalue weighted by Gasteiger charge is 2.44. The predicted molar refractivity (Wildman–Crippen MR) is 85.2 cm³/mol. The van der Waals surface area contributed by atoms with Crippen LogP contribution >= 0.6 is 23.1 Å². The van der Waals surface area contributed by atoms with Crippen LogP contribution < -0.4 is 11.3 Å². The highest BCUT2D eigenvalue weighted by Crippen LogP contribution is 2.51. The maximum atomic E-state index is 11.5. The van der Waals surface area contributed by atoms with Gasteiger partial charge in [-0.15, -0.1) is 11.3 Å². The van der Waals surface area contributed by atoms with E-state index >= 15 is 0 Å². The third kappa shape index (κ3) is 4.21. The van der Waals surface area contributed by atoms with Gasteiger partial charge in [0.2, 0.25) is 0 Å². The lowest BCUT2D eigenvalue weighted by Crippen LogP contribution is -2.29. The summed E-state index contributed by atoms with van der Waals surface area (Å²) in [6, 6.07) is 1.90. The molecule has 1 fully saturated rings. The van der Waals surface area contributed by atoms with Gasteiger partial charge in [-0.1, -0.05) is 0 Å². The van der Waals surface area contributed by atoms with Crippen molar-refractivity contribution in [2.24, 2.45) is 11.3 Å². The molecule has 1 aromatic rings. The number of methoxy groups -OCH3 is 1. The molecule has 0 saturated heterocycles. The quantitative estimate of drug-likeness (QED) is 0.347.